The highest BCUT2D eigenvalue weighted by Crippen LogP contribution is 2.40. The van der Waals surface area contributed by atoms with Crippen LogP contribution < -0.4 is 0 Å². The minimum atomic E-state index is -0.853. The van der Waals surface area contributed by atoms with E-state index in [-0.39, 0.29) is 11.5 Å². The summed E-state index contributed by atoms with van der Waals surface area (Å²) in [5.41, 5.74) is 2.53. The number of hydrogen-bond acceptors (Lipinski definition) is 3. The molecule has 0 spiro atoms. The van der Waals surface area contributed by atoms with Crippen LogP contribution in [0.1, 0.15) is 64.8 Å². The molecule has 1 saturated carbocycles. The molecule has 4 heteroatoms. The van der Waals surface area contributed by atoms with Gasteiger partial charge in [0.05, 0.1) is 5.75 Å². The Morgan fingerprint density at radius 1 is 1.20 bits per heavy atom. The summed E-state index contributed by atoms with van der Waals surface area (Å²) in [6.07, 6.45) is 6.18. The predicted molar refractivity (Wildman–Crippen MR) is 79.4 cm³/mol. The Hall–Kier alpha value is -1.29. The number of aliphatic carboxylic acids is 1. The van der Waals surface area contributed by atoms with Gasteiger partial charge in [0.1, 0.15) is 5.25 Å². The zero-order valence-corrected chi connectivity index (χ0v) is 12.1. The molecule has 106 valence electrons. The molecule has 1 aliphatic heterocycles. The van der Waals surface area contributed by atoms with E-state index in [1.165, 1.54) is 49.4 Å². The molecule has 3 nitrogen and oxygen atoms in total. The lowest BCUT2D eigenvalue weighted by Crippen LogP contribution is -2.21. The lowest BCUT2D eigenvalue weighted by molar-refractivity contribution is -0.136. The fraction of sp³-hybridized carbons (Fsp3) is 0.500. The standard InChI is InChI=1S/C16H18O3S/c17-14-9-20-15(16(18)19)12-7-6-11(8-13(12)14)10-4-2-1-3-5-10/h6-8,10,15H,1-5,9H2,(H,18,19)/t15-/m1/s1. The Morgan fingerprint density at radius 3 is 2.65 bits per heavy atom. The summed E-state index contributed by atoms with van der Waals surface area (Å²) in [5.74, 6) is 0.0342. The Balaban J connectivity index is 1.96. The summed E-state index contributed by atoms with van der Waals surface area (Å²) in [7, 11) is 0. The second-order valence-corrected chi connectivity index (χ2v) is 6.73. The molecular weight excluding hydrogens is 272 g/mol. The summed E-state index contributed by atoms with van der Waals surface area (Å²) >= 11 is 1.21. The van der Waals surface area contributed by atoms with Gasteiger partial charge in [0.2, 0.25) is 0 Å². The predicted octanol–water partition coefficient (Wildman–Crippen LogP) is 3.79. The molecule has 3 rings (SSSR count). The van der Waals surface area contributed by atoms with Crippen molar-refractivity contribution in [3.63, 3.8) is 0 Å². The molecule has 1 atom stereocenters. The van der Waals surface area contributed by atoms with Crippen molar-refractivity contribution in [2.45, 2.75) is 43.3 Å². The number of hydrogen-bond donors (Lipinski definition) is 1. The fourth-order valence-corrected chi connectivity index (χ4v) is 4.27. The van der Waals surface area contributed by atoms with E-state index in [4.69, 9.17) is 0 Å². The zero-order chi connectivity index (χ0) is 14.1. The third kappa shape index (κ3) is 2.49. The van der Waals surface area contributed by atoms with Gasteiger partial charge in [-0.05, 0) is 36.0 Å². The number of thioether (sulfide) groups is 1. The van der Waals surface area contributed by atoms with Crippen molar-refractivity contribution in [1.82, 2.24) is 0 Å². The van der Waals surface area contributed by atoms with E-state index in [1.807, 2.05) is 18.2 Å². The average molecular weight is 290 g/mol. The summed E-state index contributed by atoms with van der Waals surface area (Å²) in [6, 6.07) is 5.86. The highest BCUT2D eigenvalue weighted by atomic mass is 32.2. The van der Waals surface area contributed by atoms with Crippen LogP contribution in [-0.4, -0.2) is 22.6 Å². The highest BCUT2D eigenvalue weighted by Gasteiger charge is 2.31. The van der Waals surface area contributed by atoms with Crippen LogP contribution in [0.4, 0.5) is 0 Å². The molecule has 1 aliphatic carbocycles. The summed E-state index contributed by atoms with van der Waals surface area (Å²) in [4.78, 5) is 23.4. The molecule has 1 fully saturated rings. The largest absolute Gasteiger partial charge is 0.480 e. The number of fused-ring (bicyclic) bond motifs is 1. The smallest absolute Gasteiger partial charge is 0.321 e. The maximum Gasteiger partial charge on any atom is 0.321 e. The first-order valence-electron chi connectivity index (χ1n) is 7.18. The first-order valence-corrected chi connectivity index (χ1v) is 8.23. The molecule has 1 aromatic rings. The summed E-state index contributed by atoms with van der Waals surface area (Å²) < 4.78 is 0. The van der Waals surface area contributed by atoms with E-state index >= 15 is 0 Å². The van der Waals surface area contributed by atoms with Crippen molar-refractivity contribution >= 4 is 23.5 Å². The van der Waals surface area contributed by atoms with Gasteiger partial charge < -0.3 is 5.11 Å². The Labute approximate surface area is 122 Å². The maximum atomic E-state index is 12.1. The number of carbonyl (C=O) groups is 2. The van der Waals surface area contributed by atoms with Gasteiger partial charge in [-0.1, -0.05) is 31.4 Å². The summed E-state index contributed by atoms with van der Waals surface area (Å²) in [5, 5.41) is 8.66. The number of benzene rings is 1. The van der Waals surface area contributed by atoms with Gasteiger partial charge in [0, 0.05) is 5.56 Å². The van der Waals surface area contributed by atoms with Crippen molar-refractivity contribution in [3.05, 3.63) is 34.9 Å². The van der Waals surface area contributed by atoms with Crippen molar-refractivity contribution in [2.75, 3.05) is 5.75 Å². The van der Waals surface area contributed by atoms with Gasteiger partial charge >= 0.3 is 5.97 Å². The van der Waals surface area contributed by atoms with E-state index in [2.05, 4.69) is 0 Å². The van der Waals surface area contributed by atoms with E-state index in [0.29, 0.717) is 17.0 Å². The van der Waals surface area contributed by atoms with Crippen LogP contribution >= 0.6 is 11.8 Å². The Kier molecular flexibility index (Phi) is 3.83. The minimum Gasteiger partial charge on any atom is -0.480 e. The van der Waals surface area contributed by atoms with Crippen LogP contribution in [0.5, 0.6) is 0 Å². The number of carbonyl (C=O) groups excluding carboxylic acids is 1. The lowest BCUT2D eigenvalue weighted by Gasteiger charge is -2.25. The fourth-order valence-electron chi connectivity index (χ4n) is 3.26. The quantitative estimate of drug-likeness (QED) is 0.900. The number of ketones is 1. The van der Waals surface area contributed by atoms with Crippen LogP contribution in [0.25, 0.3) is 0 Å². The molecule has 1 heterocycles. The number of rotatable bonds is 2. The Morgan fingerprint density at radius 2 is 1.95 bits per heavy atom. The zero-order valence-electron chi connectivity index (χ0n) is 11.3. The van der Waals surface area contributed by atoms with Gasteiger partial charge in [0.25, 0.3) is 0 Å². The monoisotopic (exact) mass is 290 g/mol. The molecular formula is C16H18O3S. The third-order valence-corrected chi connectivity index (χ3v) is 5.56. The normalized spacial score (nSPS) is 23.4. The van der Waals surface area contributed by atoms with Crippen LogP contribution in [0.2, 0.25) is 0 Å². The average Bonchev–Trinajstić information content (AvgIpc) is 2.48. The number of carboxylic acids is 1. The van der Waals surface area contributed by atoms with Crippen LogP contribution in [0.3, 0.4) is 0 Å². The van der Waals surface area contributed by atoms with Gasteiger partial charge in [-0.2, -0.15) is 0 Å². The van der Waals surface area contributed by atoms with Crippen LogP contribution in [-0.2, 0) is 4.79 Å². The van der Waals surface area contributed by atoms with E-state index in [0.717, 1.165) is 0 Å². The molecule has 0 aromatic heterocycles. The first-order chi connectivity index (χ1) is 9.66. The van der Waals surface area contributed by atoms with Crippen LogP contribution in [0.15, 0.2) is 18.2 Å². The van der Waals surface area contributed by atoms with Gasteiger partial charge in [0.15, 0.2) is 5.78 Å². The molecule has 1 aromatic carbocycles. The van der Waals surface area contributed by atoms with Crippen molar-refractivity contribution in [1.29, 1.82) is 0 Å². The van der Waals surface area contributed by atoms with Gasteiger partial charge in [-0.15, -0.1) is 11.8 Å². The highest BCUT2D eigenvalue weighted by molar-refractivity contribution is 8.01. The molecule has 0 unspecified atom stereocenters. The SMILES string of the molecule is O=C1CS[C@@H](C(=O)O)c2ccc(C3CCCCC3)cc21. The van der Waals surface area contributed by atoms with Crippen LogP contribution in [0, 0.1) is 0 Å². The first kappa shape index (κ1) is 13.7. The van der Waals surface area contributed by atoms with Gasteiger partial charge in [-0.25, -0.2) is 0 Å². The lowest BCUT2D eigenvalue weighted by atomic mass is 9.82. The topological polar surface area (TPSA) is 54.4 Å². The molecule has 0 radical (unpaired) electrons. The third-order valence-electron chi connectivity index (χ3n) is 4.34. The molecule has 2 aliphatic rings. The van der Waals surface area contributed by atoms with Crippen molar-refractivity contribution < 1.29 is 14.7 Å². The second kappa shape index (κ2) is 5.60. The van der Waals surface area contributed by atoms with Crippen molar-refractivity contribution in [2.24, 2.45) is 0 Å². The van der Waals surface area contributed by atoms with Crippen molar-refractivity contribution in [3.8, 4) is 0 Å². The molecule has 0 amide bonds. The van der Waals surface area contributed by atoms with E-state index < -0.39 is 11.2 Å². The van der Waals surface area contributed by atoms with E-state index in [1.54, 1.807) is 0 Å². The number of carboxylic acid groups (broad SMARTS) is 1. The van der Waals surface area contributed by atoms with Gasteiger partial charge in [-0.3, -0.25) is 9.59 Å². The van der Waals surface area contributed by atoms with E-state index in [9.17, 15) is 14.7 Å². The Bertz CT molecular complexity index is 547. The number of Topliss-reactive ketones (excluding diaryl/α,β-unsaturated/α-hetero) is 1. The molecule has 0 saturated heterocycles. The molecule has 0 bridgehead atoms. The molecule has 20 heavy (non-hydrogen) atoms. The second-order valence-electron chi connectivity index (χ2n) is 5.63. The maximum absolute atomic E-state index is 12.1. The molecule has 1 N–H and O–H groups in total. The summed E-state index contributed by atoms with van der Waals surface area (Å²) in [6.45, 7) is 0. The minimum absolute atomic E-state index is 0.0696.